The highest BCUT2D eigenvalue weighted by molar-refractivity contribution is 5.85. The number of rotatable bonds is 4. The van der Waals surface area contributed by atoms with Crippen LogP contribution in [0.5, 0.6) is 0 Å². The lowest BCUT2D eigenvalue weighted by molar-refractivity contribution is -0.137. The summed E-state index contributed by atoms with van der Waals surface area (Å²) < 4.78 is 0. The zero-order valence-corrected chi connectivity index (χ0v) is 7.53. The molecule has 0 aliphatic rings. The zero-order chi connectivity index (χ0) is 11.6. The number of aliphatic carboxylic acids is 1. The predicted octanol–water partition coefficient (Wildman–Crippen LogP) is -2.08. The molecule has 80 valence electrons. The van der Waals surface area contributed by atoms with Gasteiger partial charge in [-0.25, -0.2) is 0 Å². The number of carboxylic acids is 1. The molecule has 0 rings (SSSR count). The average Bonchev–Trinajstić information content (AvgIpc) is 2.14. The van der Waals surface area contributed by atoms with Crippen LogP contribution in [0.15, 0.2) is 12.7 Å². The molecule has 6 N–H and O–H groups in total. The molecule has 0 aromatic rings. The summed E-state index contributed by atoms with van der Waals surface area (Å²) in [5.74, 6) is -2.01. The maximum absolute atomic E-state index is 10.2. The van der Waals surface area contributed by atoms with E-state index in [2.05, 4.69) is 17.6 Å². The molecule has 0 unspecified atom stereocenters. The third kappa shape index (κ3) is 16.6. The van der Waals surface area contributed by atoms with Crippen molar-refractivity contribution in [1.29, 1.82) is 0 Å². The molecule has 0 heterocycles. The van der Waals surface area contributed by atoms with Gasteiger partial charge in [0.1, 0.15) is 6.54 Å². The molecule has 0 aliphatic carbocycles. The van der Waals surface area contributed by atoms with E-state index in [1.807, 2.05) is 0 Å². The second kappa shape index (κ2) is 9.20. The van der Waals surface area contributed by atoms with Gasteiger partial charge in [-0.05, 0) is 6.08 Å². The Kier molecular flexibility index (Phi) is 9.61. The first-order valence-corrected chi connectivity index (χ1v) is 3.54. The topological polar surface area (TPSA) is 136 Å². The Morgan fingerprint density at radius 3 is 2.14 bits per heavy atom. The van der Waals surface area contributed by atoms with Crippen LogP contribution in [0.4, 0.5) is 0 Å². The van der Waals surface area contributed by atoms with Crippen LogP contribution in [0.1, 0.15) is 1.43 Å². The van der Waals surface area contributed by atoms with Gasteiger partial charge in [-0.2, -0.15) is 0 Å². The molecule has 0 aromatic heterocycles. The lowest BCUT2D eigenvalue weighted by atomic mass is 10.5. The minimum Gasteiger partial charge on any atom is -0.480 e. The number of nitrogens with one attached hydrogen (secondary N) is 1. The standard InChI is InChI=1S/C4H8N2O3.C3H5NO/c5-1-3(7)6-2-4(8)9;1-2-3(4)5/h1-2,5H2,(H,6,7)(H,8,9);2H,1H2,(H2,4,5)/p+1. The number of carbonyl (C=O) groups is 3. The van der Waals surface area contributed by atoms with Gasteiger partial charge in [-0.1, -0.05) is 6.58 Å². The van der Waals surface area contributed by atoms with Crippen LogP contribution in [0, 0.1) is 0 Å². The van der Waals surface area contributed by atoms with Gasteiger partial charge in [0.2, 0.25) is 11.8 Å². The highest BCUT2D eigenvalue weighted by atomic mass is 16.4. The van der Waals surface area contributed by atoms with Gasteiger partial charge in [0, 0.05) is 0 Å². The fourth-order valence-corrected chi connectivity index (χ4v) is 0.246. The molecule has 0 saturated carbocycles. The second-order valence-corrected chi connectivity index (χ2v) is 1.98. The van der Waals surface area contributed by atoms with E-state index in [1.54, 1.807) is 0 Å². The van der Waals surface area contributed by atoms with Gasteiger partial charge in [-0.3, -0.25) is 14.4 Å². The molecule has 0 spiro atoms. The van der Waals surface area contributed by atoms with Crippen molar-refractivity contribution >= 4 is 17.8 Å². The van der Waals surface area contributed by atoms with Crippen LogP contribution in [0.2, 0.25) is 0 Å². The summed E-state index contributed by atoms with van der Waals surface area (Å²) in [7, 11) is 0. The fraction of sp³-hybridized carbons (Fsp3) is 0.286. The highest BCUT2D eigenvalue weighted by Gasteiger charge is 1.98. The van der Waals surface area contributed by atoms with Crippen molar-refractivity contribution < 1.29 is 20.9 Å². The normalized spacial score (nSPS) is 7.79. The van der Waals surface area contributed by atoms with E-state index in [1.165, 1.54) is 0 Å². The number of hydrogen-bond acceptors (Lipinski definition) is 4. The van der Waals surface area contributed by atoms with Crippen LogP contribution < -0.4 is 16.8 Å². The Hall–Kier alpha value is -1.89. The number of carboxylic acid groups (broad SMARTS) is 1. The van der Waals surface area contributed by atoms with Gasteiger partial charge in [0.05, 0.1) is 6.54 Å². The number of hydrogen-bond donors (Lipinski definition) is 4. The van der Waals surface area contributed by atoms with Gasteiger partial charge in [0.25, 0.3) is 0 Å². The SMILES string of the molecule is C=CC(N)=O.NCC(=O)NCC(=O)O.[H+]. The number of carbonyl (C=O) groups excluding carboxylic acids is 2. The first kappa shape index (κ1) is 14.6. The van der Waals surface area contributed by atoms with E-state index in [0.717, 1.165) is 6.08 Å². The van der Waals surface area contributed by atoms with Gasteiger partial charge < -0.3 is 21.9 Å². The third-order valence-corrected chi connectivity index (χ3v) is 0.823. The summed E-state index contributed by atoms with van der Waals surface area (Å²) in [5, 5.41) is 10.1. The van der Waals surface area contributed by atoms with Crippen molar-refractivity contribution in [2.75, 3.05) is 13.1 Å². The highest BCUT2D eigenvalue weighted by Crippen LogP contribution is 1.60. The maximum atomic E-state index is 10.2. The maximum Gasteiger partial charge on any atom is 1.00 e. The summed E-state index contributed by atoms with van der Waals surface area (Å²) in [5.41, 5.74) is 9.39. The third-order valence-electron chi connectivity index (χ3n) is 0.823. The second-order valence-electron chi connectivity index (χ2n) is 1.98. The zero-order valence-electron chi connectivity index (χ0n) is 8.53. The molecule has 0 saturated heterocycles. The molecule has 2 amide bonds. The van der Waals surface area contributed by atoms with Crippen LogP contribution in [-0.2, 0) is 14.4 Å². The predicted molar refractivity (Wildman–Crippen MR) is 50.2 cm³/mol. The number of primary amides is 1. The molecule has 0 aliphatic heterocycles. The molecule has 0 fully saturated rings. The minimum absolute atomic E-state index is 0. The minimum atomic E-state index is -1.07. The largest absolute Gasteiger partial charge is 1.00 e. The van der Waals surface area contributed by atoms with Crippen LogP contribution in [-0.4, -0.2) is 36.0 Å². The summed E-state index contributed by atoms with van der Waals surface area (Å²) in [4.78, 5) is 29.5. The van der Waals surface area contributed by atoms with Gasteiger partial charge >= 0.3 is 7.40 Å². The van der Waals surface area contributed by atoms with Gasteiger partial charge in [0.15, 0.2) is 0 Å². The fourth-order valence-electron chi connectivity index (χ4n) is 0.246. The average molecular weight is 204 g/mol. The van der Waals surface area contributed by atoms with E-state index in [4.69, 9.17) is 10.8 Å². The van der Waals surface area contributed by atoms with Crippen molar-refractivity contribution in [1.82, 2.24) is 5.32 Å². The molecule has 0 atom stereocenters. The Morgan fingerprint density at radius 1 is 1.50 bits per heavy atom. The molecule has 7 heteroatoms. The van der Waals surface area contributed by atoms with Crippen LogP contribution in [0.25, 0.3) is 0 Å². The Balaban J connectivity index is -0.000000208. The van der Waals surface area contributed by atoms with Crippen molar-refractivity contribution in [3.63, 3.8) is 0 Å². The van der Waals surface area contributed by atoms with E-state index in [0.29, 0.717) is 0 Å². The van der Waals surface area contributed by atoms with Gasteiger partial charge in [-0.15, -0.1) is 0 Å². The number of nitrogens with two attached hydrogens (primary N) is 2. The Bertz CT molecular complexity index is 232. The first-order chi connectivity index (χ1) is 6.43. The van der Waals surface area contributed by atoms with E-state index >= 15 is 0 Å². The van der Waals surface area contributed by atoms with Crippen LogP contribution >= 0.6 is 0 Å². The summed E-state index contributed by atoms with van der Waals surface area (Å²) in [6.45, 7) is 2.55. The van der Waals surface area contributed by atoms with Crippen molar-refractivity contribution in [3.8, 4) is 0 Å². The summed E-state index contributed by atoms with van der Waals surface area (Å²) >= 11 is 0. The van der Waals surface area contributed by atoms with E-state index in [-0.39, 0.29) is 14.5 Å². The number of amides is 2. The first-order valence-electron chi connectivity index (χ1n) is 3.54. The lowest BCUT2D eigenvalue weighted by Gasteiger charge is -1.95. The molecule has 0 aromatic carbocycles. The Morgan fingerprint density at radius 2 is 1.93 bits per heavy atom. The van der Waals surface area contributed by atoms with E-state index < -0.39 is 17.8 Å². The van der Waals surface area contributed by atoms with Crippen molar-refractivity contribution in [2.24, 2.45) is 11.5 Å². The quantitative estimate of drug-likeness (QED) is 0.389. The summed E-state index contributed by atoms with van der Waals surface area (Å²) in [6.07, 6.45) is 1.06. The Labute approximate surface area is 82.2 Å². The molecular weight excluding hydrogens is 190 g/mol. The van der Waals surface area contributed by atoms with Crippen molar-refractivity contribution in [3.05, 3.63) is 12.7 Å². The molecule has 7 nitrogen and oxygen atoms in total. The van der Waals surface area contributed by atoms with Crippen molar-refractivity contribution in [2.45, 2.75) is 0 Å². The molecular formula is C7H14N3O4+. The molecule has 0 bridgehead atoms. The smallest absolute Gasteiger partial charge is 0.480 e. The molecule has 0 radical (unpaired) electrons. The van der Waals surface area contributed by atoms with E-state index in [9.17, 15) is 14.4 Å². The monoisotopic (exact) mass is 204 g/mol. The van der Waals surface area contributed by atoms with Crippen LogP contribution in [0.3, 0.4) is 0 Å². The molecule has 14 heavy (non-hydrogen) atoms. The lowest BCUT2D eigenvalue weighted by Crippen LogP contribution is -2.34. The summed E-state index contributed by atoms with van der Waals surface area (Å²) in [6, 6.07) is 0.